The fraction of sp³-hybridized carbons (Fsp3) is 0.222. The molecule has 1 aromatic carbocycles. The Labute approximate surface area is 164 Å². The Bertz CT molecular complexity index is 996. The topological polar surface area (TPSA) is 90.1 Å². The van der Waals surface area contributed by atoms with Crippen LogP contribution in [-0.4, -0.2) is 20.4 Å². The van der Waals surface area contributed by atoms with Gasteiger partial charge in [-0.05, 0) is 23.1 Å². The molecule has 140 valence electrons. The summed E-state index contributed by atoms with van der Waals surface area (Å²) in [5.74, 6) is -0.0736. The molecule has 3 rings (SSSR count). The lowest BCUT2D eigenvalue weighted by Crippen LogP contribution is -2.17. The molecule has 0 spiro atoms. The van der Waals surface area contributed by atoms with E-state index >= 15 is 0 Å². The fourth-order valence-electron chi connectivity index (χ4n) is 2.61. The number of nitro groups is 1. The highest BCUT2D eigenvalue weighted by Crippen LogP contribution is 2.25. The molecule has 0 aliphatic heterocycles. The first-order valence-electron chi connectivity index (χ1n) is 8.19. The fourth-order valence-corrected chi connectivity index (χ4v) is 3.42. The Hall–Kier alpha value is -2.71. The molecule has 1 amide bonds. The van der Waals surface area contributed by atoms with E-state index in [9.17, 15) is 14.9 Å². The average molecular weight is 405 g/mol. The van der Waals surface area contributed by atoms with Crippen LogP contribution in [0.15, 0.2) is 42.7 Å². The number of hydrogen-bond acceptors (Lipinski definition) is 5. The molecule has 1 N–H and O–H groups in total. The maximum atomic E-state index is 12.7. The molecule has 0 atom stereocenters. The first kappa shape index (κ1) is 19.1. The zero-order valence-electron chi connectivity index (χ0n) is 14.7. The molecule has 2 aromatic heterocycles. The maximum Gasteiger partial charge on any atom is 0.274 e. The number of anilines is 1. The van der Waals surface area contributed by atoms with Crippen molar-refractivity contribution in [3.8, 4) is 0 Å². The lowest BCUT2D eigenvalue weighted by Gasteiger charge is -2.09. The molecule has 0 aliphatic carbocycles. The van der Waals surface area contributed by atoms with Crippen LogP contribution >= 0.6 is 22.9 Å². The summed E-state index contributed by atoms with van der Waals surface area (Å²) in [5, 5.41) is 14.2. The monoisotopic (exact) mass is 404 g/mol. The summed E-state index contributed by atoms with van der Waals surface area (Å²) in [7, 11) is 0. The maximum absolute atomic E-state index is 12.7. The predicted molar refractivity (Wildman–Crippen MR) is 106 cm³/mol. The molecule has 0 radical (unpaired) electrons. The predicted octanol–water partition coefficient (Wildman–Crippen LogP) is 4.93. The Morgan fingerprint density at radius 3 is 2.81 bits per heavy atom. The number of hydrogen-bond donors (Lipinski definition) is 1. The molecule has 3 aromatic rings. The van der Waals surface area contributed by atoms with E-state index in [-0.39, 0.29) is 17.5 Å². The first-order valence-corrected chi connectivity index (χ1v) is 9.39. The van der Waals surface area contributed by atoms with E-state index in [2.05, 4.69) is 10.3 Å². The number of nitro benzene ring substituents is 1. The molecule has 0 aliphatic rings. The SMILES string of the molecule is CC(C)c1cc(C(=O)Nc2ncc(Cl)s2)n(Cc2cccc([N+](=O)[O-])c2)c1. The molecule has 0 fully saturated rings. The van der Waals surface area contributed by atoms with Gasteiger partial charge in [-0.15, -0.1) is 0 Å². The molecule has 2 heterocycles. The van der Waals surface area contributed by atoms with Crippen molar-refractivity contribution in [2.75, 3.05) is 5.32 Å². The van der Waals surface area contributed by atoms with E-state index < -0.39 is 4.92 Å². The molecule has 27 heavy (non-hydrogen) atoms. The largest absolute Gasteiger partial charge is 0.339 e. The highest BCUT2D eigenvalue weighted by Gasteiger charge is 2.17. The number of rotatable bonds is 6. The standard InChI is InChI=1S/C18H17ClN4O3S/c1-11(2)13-7-15(17(24)21-18-20-8-16(19)27-18)22(10-13)9-12-4-3-5-14(6-12)23(25)26/h3-8,10-11H,9H2,1-2H3,(H,20,21,24). The van der Waals surface area contributed by atoms with Crippen molar-refractivity contribution in [2.45, 2.75) is 26.3 Å². The molecule has 7 nitrogen and oxygen atoms in total. The summed E-state index contributed by atoms with van der Waals surface area (Å²) >= 11 is 7.04. The van der Waals surface area contributed by atoms with Crippen molar-refractivity contribution >= 4 is 39.7 Å². The number of carbonyl (C=O) groups excluding carboxylic acids is 1. The van der Waals surface area contributed by atoms with Crippen LogP contribution < -0.4 is 5.32 Å². The van der Waals surface area contributed by atoms with Gasteiger partial charge in [-0.25, -0.2) is 4.98 Å². The zero-order valence-corrected chi connectivity index (χ0v) is 16.3. The Morgan fingerprint density at radius 2 is 2.19 bits per heavy atom. The minimum absolute atomic E-state index is 0.0205. The normalized spacial score (nSPS) is 11.0. The number of aromatic nitrogens is 2. The van der Waals surface area contributed by atoms with Gasteiger partial charge in [-0.1, -0.05) is 48.9 Å². The Morgan fingerprint density at radius 1 is 1.41 bits per heavy atom. The van der Waals surface area contributed by atoms with Gasteiger partial charge >= 0.3 is 0 Å². The summed E-state index contributed by atoms with van der Waals surface area (Å²) in [5.41, 5.74) is 2.22. The van der Waals surface area contributed by atoms with Gasteiger partial charge in [-0.3, -0.25) is 20.2 Å². The second-order valence-electron chi connectivity index (χ2n) is 6.29. The van der Waals surface area contributed by atoms with Crippen molar-refractivity contribution < 1.29 is 9.72 Å². The van der Waals surface area contributed by atoms with E-state index in [1.807, 2.05) is 26.1 Å². The van der Waals surface area contributed by atoms with E-state index in [0.29, 0.717) is 21.7 Å². The van der Waals surface area contributed by atoms with Gasteiger partial charge in [0.05, 0.1) is 11.1 Å². The van der Waals surface area contributed by atoms with Gasteiger partial charge < -0.3 is 4.57 Å². The number of nitrogens with zero attached hydrogens (tertiary/aromatic N) is 3. The highest BCUT2D eigenvalue weighted by molar-refractivity contribution is 7.19. The lowest BCUT2D eigenvalue weighted by atomic mass is 10.1. The van der Waals surface area contributed by atoms with Gasteiger partial charge in [0.25, 0.3) is 11.6 Å². The van der Waals surface area contributed by atoms with Crippen LogP contribution in [0, 0.1) is 10.1 Å². The number of thiazole rings is 1. The zero-order chi connectivity index (χ0) is 19.6. The third-order valence-corrected chi connectivity index (χ3v) is 5.02. The number of non-ortho nitro benzene ring substituents is 1. The van der Waals surface area contributed by atoms with Crippen LogP contribution in [0.25, 0.3) is 0 Å². The Kier molecular flexibility index (Phi) is 5.57. The van der Waals surface area contributed by atoms with Crippen molar-refractivity contribution in [3.05, 3.63) is 74.0 Å². The highest BCUT2D eigenvalue weighted by atomic mass is 35.5. The second-order valence-corrected chi connectivity index (χ2v) is 7.95. The van der Waals surface area contributed by atoms with Crippen molar-refractivity contribution in [1.82, 2.24) is 9.55 Å². The summed E-state index contributed by atoms with van der Waals surface area (Å²) in [4.78, 5) is 27.3. The number of benzene rings is 1. The Balaban J connectivity index is 1.91. The third kappa shape index (κ3) is 4.53. The van der Waals surface area contributed by atoms with Gasteiger partial charge in [0.2, 0.25) is 0 Å². The molecular weight excluding hydrogens is 388 g/mol. The average Bonchev–Trinajstić information content (AvgIpc) is 3.21. The van der Waals surface area contributed by atoms with Crippen LogP contribution in [0.2, 0.25) is 4.34 Å². The number of halogens is 1. The van der Waals surface area contributed by atoms with E-state index in [4.69, 9.17) is 11.6 Å². The minimum Gasteiger partial charge on any atom is -0.339 e. The van der Waals surface area contributed by atoms with Gasteiger partial charge in [0, 0.05) is 24.9 Å². The summed E-state index contributed by atoms with van der Waals surface area (Å²) in [6.07, 6.45) is 3.37. The van der Waals surface area contributed by atoms with Crippen molar-refractivity contribution in [1.29, 1.82) is 0 Å². The quantitative estimate of drug-likeness (QED) is 0.465. The van der Waals surface area contributed by atoms with E-state index in [1.165, 1.54) is 29.7 Å². The number of amides is 1. The molecule has 0 saturated heterocycles. The van der Waals surface area contributed by atoms with Gasteiger partial charge in [0.1, 0.15) is 10.0 Å². The van der Waals surface area contributed by atoms with E-state index in [1.54, 1.807) is 16.7 Å². The first-order chi connectivity index (χ1) is 12.8. The number of nitrogens with one attached hydrogen (secondary N) is 1. The van der Waals surface area contributed by atoms with Gasteiger partial charge in [-0.2, -0.15) is 0 Å². The van der Waals surface area contributed by atoms with Crippen LogP contribution in [0.5, 0.6) is 0 Å². The molecule has 9 heteroatoms. The smallest absolute Gasteiger partial charge is 0.274 e. The molecular formula is C18H17ClN4O3S. The van der Waals surface area contributed by atoms with Crippen LogP contribution in [0.1, 0.15) is 41.4 Å². The molecule has 0 bridgehead atoms. The van der Waals surface area contributed by atoms with Crippen LogP contribution in [-0.2, 0) is 6.54 Å². The van der Waals surface area contributed by atoms with Crippen LogP contribution in [0.3, 0.4) is 0 Å². The summed E-state index contributed by atoms with van der Waals surface area (Å²) < 4.78 is 2.28. The second kappa shape index (κ2) is 7.89. The molecule has 0 unspecified atom stereocenters. The molecule has 0 saturated carbocycles. The third-order valence-electron chi connectivity index (χ3n) is 3.99. The van der Waals surface area contributed by atoms with Gasteiger partial charge in [0.15, 0.2) is 5.13 Å². The van der Waals surface area contributed by atoms with Crippen LogP contribution in [0.4, 0.5) is 10.8 Å². The lowest BCUT2D eigenvalue weighted by molar-refractivity contribution is -0.384. The number of carbonyl (C=O) groups is 1. The van der Waals surface area contributed by atoms with Crippen molar-refractivity contribution in [2.24, 2.45) is 0 Å². The summed E-state index contributed by atoms with van der Waals surface area (Å²) in [6, 6.07) is 8.21. The minimum atomic E-state index is -0.432. The van der Waals surface area contributed by atoms with E-state index in [0.717, 1.165) is 11.1 Å². The van der Waals surface area contributed by atoms with Crippen molar-refractivity contribution in [3.63, 3.8) is 0 Å². The summed E-state index contributed by atoms with van der Waals surface area (Å²) in [6.45, 7) is 4.42.